The van der Waals surface area contributed by atoms with Crippen LogP contribution >= 0.6 is 0 Å². The average Bonchev–Trinajstić information content (AvgIpc) is 2.89. The van der Waals surface area contributed by atoms with E-state index < -0.39 is 30.4 Å². The number of Topliss-reactive ketones (excluding diaryl/α,β-unsaturated/α-hetero) is 1. The highest BCUT2D eigenvalue weighted by Gasteiger charge is 2.57. The Labute approximate surface area is 167 Å². The van der Waals surface area contributed by atoms with Gasteiger partial charge in [0, 0.05) is 32.0 Å². The number of ether oxygens (including phenoxy) is 4. The molecule has 1 saturated heterocycles. The van der Waals surface area contributed by atoms with Gasteiger partial charge in [0.25, 0.3) is 0 Å². The fourth-order valence-electron chi connectivity index (χ4n) is 5.90. The highest BCUT2D eigenvalue weighted by atomic mass is 16.8. The number of esters is 1. The van der Waals surface area contributed by atoms with Crippen molar-refractivity contribution in [3.63, 3.8) is 0 Å². The zero-order valence-electron chi connectivity index (χ0n) is 17.9. The van der Waals surface area contributed by atoms with Crippen LogP contribution in [0.15, 0.2) is 12.2 Å². The fourth-order valence-corrected chi connectivity index (χ4v) is 5.90. The summed E-state index contributed by atoms with van der Waals surface area (Å²) in [4.78, 5) is 26.5. The van der Waals surface area contributed by atoms with Crippen molar-refractivity contribution in [2.24, 2.45) is 34.5 Å². The first kappa shape index (κ1) is 21.5. The maximum absolute atomic E-state index is 13.8. The topological polar surface area (TPSA) is 71.1 Å². The van der Waals surface area contributed by atoms with E-state index in [1.54, 1.807) is 7.11 Å². The number of rotatable bonds is 4. The minimum atomic E-state index is -0.929. The third-order valence-electron chi connectivity index (χ3n) is 7.02. The SMILES string of the molecule is COC(=O)C1C(=O)[C@H]([C@@]2(C)CCCC(C)(C)C2)C=C[C@H]2[C@H](OC)O[C@H](OC)[C@@H]12. The molecule has 0 radical (unpaired) electrons. The van der Waals surface area contributed by atoms with E-state index in [0.29, 0.717) is 0 Å². The zero-order valence-corrected chi connectivity index (χ0v) is 17.9. The molecular formula is C22H34O6. The molecule has 0 aromatic carbocycles. The third-order valence-corrected chi connectivity index (χ3v) is 7.02. The summed E-state index contributed by atoms with van der Waals surface area (Å²) in [5.41, 5.74) is -0.0104. The van der Waals surface area contributed by atoms with Crippen molar-refractivity contribution in [1.82, 2.24) is 0 Å². The van der Waals surface area contributed by atoms with Crippen molar-refractivity contribution < 1.29 is 28.5 Å². The summed E-state index contributed by atoms with van der Waals surface area (Å²) in [6, 6.07) is 0. The molecule has 0 bridgehead atoms. The Morgan fingerprint density at radius 2 is 1.75 bits per heavy atom. The number of allylic oxidation sites excluding steroid dienone is 1. The van der Waals surface area contributed by atoms with Gasteiger partial charge in [-0.15, -0.1) is 0 Å². The number of methoxy groups -OCH3 is 3. The molecular weight excluding hydrogens is 360 g/mol. The van der Waals surface area contributed by atoms with Crippen LogP contribution in [0.1, 0.15) is 46.5 Å². The van der Waals surface area contributed by atoms with Gasteiger partial charge in [0.1, 0.15) is 5.92 Å². The Hall–Kier alpha value is -1.24. The van der Waals surface area contributed by atoms with Crippen LogP contribution in [-0.4, -0.2) is 45.7 Å². The van der Waals surface area contributed by atoms with Gasteiger partial charge < -0.3 is 18.9 Å². The van der Waals surface area contributed by atoms with Crippen molar-refractivity contribution in [2.75, 3.05) is 21.3 Å². The number of carbonyl (C=O) groups excluding carboxylic acids is 2. The van der Waals surface area contributed by atoms with E-state index in [-0.39, 0.29) is 28.4 Å². The summed E-state index contributed by atoms with van der Waals surface area (Å²) in [5.74, 6) is -2.57. The van der Waals surface area contributed by atoms with Gasteiger partial charge in [-0.2, -0.15) is 0 Å². The smallest absolute Gasteiger partial charge is 0.316 e. The van der Waals surface area contributed by atoms with E-state index >= 15 is 0 Å². The average molecular weight is 395 g/mol. The molecule has 0 aromatic heterocycles. The Balaban J connectivity index is 2.03. The van der Waals surface area contributed by atoms with Gasteiger partial charge in [-0.05, 0) is 30.1 Å². The molecule has 3 aliphatic rings. The van der Waals surface area contributed by atoms with Crippen LogP contribution in [0.2, 0.25) is 0 Å². The summed E-state index contributed by atoms with van der Waals surface area (Å²) in [5, 5.41) is 0. The van der Waals surface area contributed by atoms with E-state index in [1.807, 2.05) is 12.2 Å². The van der Waals surface area contributed by atoms with Crippen molar-refractivity contribution in [1.29, 1.82) is 0 Å². The second-order valence-corrected chi connectivity index (χ2v) is 9.61. The van der Waals surface area contributed by atoms with Gasteiger partial charge in [-0.1, -0.05) is 39.3 Å². The summed E-state index contributed by atoms with van der Waals surface area (Å²) in [6.45, 7) is 6.71. The molecule has 0 amide bonds. The molecule has 1 unspecified atom stereocenters. The van der Waals surface area contributed by atoms with Gasteiger partial charge in [-0.3, -0.25) is 9.59 Å². The minimum Gasteiger partial charge on any atom is -0.468 e. The first-order chi connectivity index (χ1) is 13.2. The predicted octanol–water partition coefficient (Wildman–Crippen LogP) is 3.34. The summed E-state index contributed by atoms with van der Waals surface area (Å²) < 4.78 is 21.8. The van der Waals surface area contributed by atoms with Crippen molar-refractivity contribution >= 4 is 11.8 Å². The number of hydrogen-bond acceptors (Lipinski definition) is 6. The Kier molecular flexibility index (Phi) is 6.04. The number of ketones is 1. The molecule has 1 aliphatic heterocycles. The van der Waals surface area contributed by atoms with Crippen molar-refractivity contribution in [2.45, 2.75) is 59.0 Å². The van der Waals surface area contributed by atoms with Crippen molar-refractivity contribution in [3.8, 4) is 0 Å². The molecule has 2 fully saturated rings. The van der Waals surface area contributed by atoms with Crippen LogP contribution in [0, 0.1) is 34.5 Å². The molecule has 7 atom stereocenters. The highest BCUT2D eigenvalue weighted by molar-refractivity contribution is 6.02. The van der Waals surface area contributed by atoms with Crippen LogP contribution in [0.5, 0.6) is 0 Å². The monoisotopic (exact) mass is 394 g/mol. The Bertz CT molecular complexity index is 641. The van der Waals surface area contributed by atoms with Crippen LogP contribution in [0.25, 0.3) is 0 Å². The Morgan fingerprint density at radius 3 is 2.32 bits per heavy atom. The first-order valence-electron chi connectivity index (χ1n) is 10.2. The molecule has 158 valence electrons. The van der Waals surface area contributed by atoms with Crippen LogP contribution < -0.4 is 0 Å². The molecule has 1 heterocycles. The highest BCUT2D eigenvalue weighted by Crippen LogP contribution is 2.53. The standard InChI is InChI=1S/C22H34O6/c1-21(2)10-7-11-22(3,12-21)14-9-8-13-15(16(17(14)23)18(24)25-4)20(27-6)28-19(13)26-5/h8-9,13-16,19-20H,7,10-12H2,1-6H3/t13-,14-,15-,16?,19-,20+,22+/m1/s1. The second-order valence-electron chi connectivity index (χ2n) is 9.61. The minimum absolute atomic E-state index is 0.0850. The maximum atomic E-state index is 13.8. The normalized spacial score (nSPS) is 42.7. The van der Waals surface area contributed by atoms with Gasteiger partial charge in [0.15, 0.2) is 18.4 Å². The lowest BCUT2D eigenvalue weighted by Gasteiger charge is -2.46. The van der Waals surface area contributed by atoms with Crippen LogP contribution in [0.4, 0.5) is 0 Å². The third kappa shape index (κ3) is 3.66. The molecule has 1 saturated carbocycles. The summed E-state index contributed by atoms with van der Waals surface area (Å²) in [6.07, 6.45) is 6.92. The molecule has 2 aliphatic carbocycles. The van der Waals surface area contributed by atoms with Crippen LogP contribution in [0.3, 0.4) is 0 Å². The molecule has 0 N–H and O–H groups in total. The maximum Gasteiger partial charge on any atom is 0.316 e. The van der Waals surface area contributed by atoms with E-state index in [1.165, 1.54) is 14.2 Å². The Morgan fingerprint density at radius 1 is 1.07 bits per heavy atom. The largest absolute Gasteiger partial charge is 0.468 e. The second kappa shape index (κ2) is 7.88. The lowest BCUT2D eigenvalue weighted by Crippen LogP contribution is -2.46. The molecule has 28 heavy (non-hydrogen) atoms. The van der Waals surface area contributed by atoms with E-state index in [9.17, 15) is 9.59 Å². The number of fused-ring (bicyclic) bond motifs is 1. The molecule has 6 nitrogen and oxygen atoms in total. The quantitative estimate of drug-likeness (QED) is 0.414. The molecule has 0 spiro atoms. The predicted molar refractivity (Wildman–Crippen MR) is 103 cm³/mol. The summed E-state index contributed by atoms with van der Waals surface area (Å²) in [7, 11) is 4.42. The number of hydrogen-bond donors (Lipinski definition) is 0. The zero-order chi connectivity index (χ0) is 20.7. The van der Waals surface area contributed by atoms with Gasteiger partial charge in [-0.25, -0.2) is 0 Å². The van der Waals surface area contributed by atoms with Gasteiger partial charge in [0.2, 0.25) is 0 Å². The van der Waals surface area contributed by atoms with Crippen molar-refractivity contribution in [3.05, 3.63) is 12.2 Å². The molecule has 0 aromatic rings. The van der Waals surface area contributed by atoms with Crippen LogP contribution in [-0.2, 0) is 28.5 Å². The van der Waals surface area contributed by atoms with Gasteiger partial charge in [0.05, 0.1) is 7.11 Å². The first-order valence-corrected chi connectivity index (χ1v) is 10.2. The van der Waals surface area contributed by atoms with E-state index in [2.05, 4.69) is 20.8 Å². The molecule has 6 heteroatoms. The fraction of sp³-hybridized carbons (Fsp3) is 0.818. The molecule has 3 rings (SSSR count). The summed E-state index contributed by atoms with van der Waals surface area (Å²) >= 11 is 0. The number of carbonyl (C=O) groups is 2. The lowest BCUT2D eigenvalue weighted by atomic mass is 9.58. The lowest BCUT2D eigenvalue weighted by molar-refractivity contribution is -0.200. The van der Waals surface area contributed by atoms with E-state index in [4.69, 9.17) is 18.9 Å². The van der Waals surface area contributed by atoms with E-state index in [0.717, 1.165) is 25.7 Å². The van der Waals surface area contributed by atoms with Gasteiger partial charge >= 0.3 is 5.97 Å².